The molecule has 0 amide bonds. The van der Waals surface area contributed by atoms with Crippen LogP contribution in [0, 0.1) is 0 Å². The molecular weight excluding hydrogens is 250 g/mol. The highest BCUT2D eigenvalue weighted by Crippen LogP contribution is 2.15. The van der Waals surface area contributed by atoms with Crippen LogP contribution in [-0.2, 0) is 16.4 Å². The Morgan fingerprint density at radius 2 is 2.25 bits per heavy atom. The number of rotatable bonds is 5. The lowest BCUT2D eigenvalue weighted by molar-refractivity contribution is 0.412. The van der Waals surface area contributed by atoms with E-state index in [-0.39, 0.29) is 16.9 Å². The number of halogens is 1. The van der Waals surface area contributed by atoms with Crippen molar-refractivity contribution in [2.75, 3.05) is 12.9 Å². The SMILES string of the molecule is CCc1ncc(S(=O)(=O)N(C)C(C)CCl)[nH]1. The topological polar surface area (TPSA) is 66.1 Å². The normalized spacial score (nSPS) is 14.3. The highest BCUT2D eigenvalue weighted by Gasteiger charge is 2.26. The molecule has 1 heterocycles. The minimum atomic E-state index is -3.51. The number of aromatic nitrogens is 2. The van der Waals surface area contributed by atoms with E-state index in [4.69, 9.17) is 11.6 Å². The Balaban J connectivity index is 3.01. The molecule has 1 aromatic rings. The smallest absolute Gasteiger partial charge is 0.260 e. The molecule has 5 nitrogen and oxygen atoms in total. The number of H-pyrrole nitrogens is 1. The molecule has 0 saturated carbocycles. The van der Waals surface area contributed by atoms with Crippen LogP contribution in [0.4, 0.5) is 0 Å². The van der Waals surface area contributed by atoms with Gasteiger partial charge in [0.1, 0.15) is 5.82 Å². The van der Waals surface area contributed by atoms with Gasteiger partial charge < -0.3 is 4.98 Å². The average Bonchev–Trinajstić information content (AvgIpc) is 2.75. The Kier molecular flexibility index (Phi) is 4.35. The fourth-order valence-corrected chi connectivity index (χ4v) is 2.72. The molecule has 7 heteroatoms. The first-order chi connectivity index (χ1) is 7.43. The summed E-state index contributed by atoms with van der Waals surface area (Å²) in [4.78, 5) is 6.75. The Bertz CT molecular complexity index is 443. The fraction of sp³-hybridized carbons (Fsp3) is 0.667. The van der Waals surface area contributed by atoms with Crippen molar-refractivity contribution in [1.82, 2.24) is 14.3 Å². The molecule has 0 aliphatic heterocycles. The maximum atomic E-state index is 12.1. The maximum Gasteiger partial charge on any atom is 0.260 e. The summed E-state index contributed by atoms with van der Waals surface area (Å²) in [7, 11) is -2.00. The third-order valence-corrected chi connectivity index (χ3v) is 4.77. The summed E-state index contributed by atoms with van der Waals surface area (Å²) in [6.07, 6.45) is 2.01. The van der Waals surface area contributed by atoms with Gasteiger partial charge in [-0.15, -0.1) is 11.6 Å². The van der Waals surface area contributed by atoms with Gasteiger partial charge in [-0.05, 0) is 6.92 Å². The van der Waals surface area contributed by atoms with Crippen molar-refractivity contribution >= 4 is 21.6 Å². The lowest BCUT2D eigenvalue weighted by Gasteiger charge is -2.21. The van der Waals surface area contributed by atoms with Crippen molar-refractivity contribution in [2.45, 2.75) is 31.3 Å². The standard InChI is InChI=1S/C9H16ClN3O2S/c1-4-8-11-6-9(12-8)16(14,15)13(3)7(2)5-10/h6-7H,4-5H2,1-3H3,(H,11,12). The Morgan fingerprint density at radius 3 is 2.69 bits per heavy atom. The second-order valence-corrected chi connectivity index (χ2v) is 5.85. The van der Waals surface area contributed by atoms with Crippen molar-refractivity contribution in [3.8, 4) is 0 Å². The lowest BCUT2D eigenvalue weighted by atomic mass is 10.4. The summed E-state index contributed by atoms with van der Waals surface area (Å²) in [6.45, 7) is 3.65. The molecule has 1 rings (SSSR count). The van der Waals surface area contributed by atoms with E-state index in [0.29, 0.717) is 12.2 Å². The first-order valence-electron chi connectivity index (χ1n) is 5.01. The third-order valence-electron chi connectivity index (χ3n) is 2.44. The number of hydrogen-bond acceptors (Lipinski definition) is 3. The molecule has 0 bridgehead atoms. The monoisotopic (exact) mass is 265 g/mol. The highest BCUT2D eigenvalue weighted by molar-refractivity contribution is 7.89. The number of aromatic amines is 1. The van der Waals surface area contributed by atoms with Crippen molar-refractivity contribution < 1.29 is 8.42 Å². The van der Waals surface area contributed by atoms with Gasteiger partial charge in [-0.2, -0.15) is 4.31 Å². The number of sulfonamides is 1. The van der Waals surface area contributed by atoms with E-state index >= 15 is 0 Å². The van der Waals surface area contributed by atoms with Crippen molar-refractivity contribution in [2.24, 2.45) is 0 Å². The van der Waals surface area contributed by atoms with Crippen LogP contribution < -0.4 is 0 Å². The van der Waals surface area contributed by atoms with Gasteiger partial charge in [0.15, 0.2) is 5.03 Å². The van der Waals surface area contributed by atoms with Crippen LogP contribution in [0.5, 0.6) is 0 Å². The van der Waals surface area contributed by atoms with Gasteiger partial charge in [0.05, 0.1) is 6.20 Å². The minimum Gasteiger partial charge on any atom is -0.332 e. The van der Waals surface area contributed by atoms with E-state index in [1.165, 1.54) is 17.5 Å². The molecule has 0 aromatic carbocycles. The summed E-state index contributed by atoms with van der Waals surface area (Å²) >= 11 is 5.64. The lowest BCUT2D eigenvalue weighted by Crippen LogP contribution is -2.36. The average molecular weight is 266 g/mol. The second-order valence-electron chi connectivity index (χ2n) is 3.57. The van der Waals surface area contributed by atoms with Crippen LogP contribution in [0.3, 0.4) is 0 Å². The molecule has 0 fully saturated rings. The van der Waals surface area contributed by atoms with E-state index < -0.39 is 10.0 Å². The molecule has 1 aromatic heterocycles. The number of nitrogens with zero attached hydrogens (tertiary/aromatic N) is 2. The molecule has 0 aliphatic rings. The number of imidazole rings is 1. The van der Waals surface area contributed by atoms with E-state index in [2.05, 4.69) is 9.97 Å². The zero-order valence-electron chi connectivity index (χ0n) is 9.57. The predicted molar refractivity (Wildman–Crippen MR) is 63.1 cm³/mol. The molecule has 92 valence electrons. The molecule has 0 spiro atoms. The largest absolute Gasteiger partial charge is 0.332 e. The first kappa shape index (κ1) is 13.5. The summed E-state index contributed by atoms with van der Waals surface area (Å²) in [5, 5.41) is 0.115. The Labute approximate surface area is 101 Å². The maximum absolute atomic E-state index is 12.1. The van der Waals surface area contributed by atoms with Gasteiger partial charge >= 0.3 is 0 Å². The van der Waals surface area contributed by atoms with E-state index in [0.717, 1.165) is 0 Å². The van der Waals surface area contributed by atoms with Gasteiger partial charge in [0.25, 0.3) is 10.0 Å². The first-order valence-corrected chi connectivity index (χ1v) is 6.98. The van der Waals surface area contributed by atoms with E-state index in [1.807, 2.05) is 6.92 Å². The summed E-state index contributed by atoms with van der Waals surface area (Å²) in [6, 6.07) is -0.250. The quantitative estimate of drug-likeness (QED) is 0.814. The van der Waals surface area contributed by atoms with Gasteiger partial charge in [-0.25, -0.2) is 13.4 Å². The minimum absolute atomic E-state index is 0.115. The number of alkyl halides is 1. The fourth-order valence-electron chi connectivity index (χ4n) is 1.14. The van der Waals surface area contributed by atoms with Crippen LogP contribution >= 0.6 is 11.6 Å². The molecular formula is C9H16ClN3O2S. The molecule has 1 N–H and O–H groups in total. The molecule has 0 aliphatic carbocycles. The highest BCUT2D eigenvalue weighted by atomic mass is 35.5. The summed E-state index contributed by atoms with van der Waals surface area (Å²) < 4.78 is 25.4. The van der Waals surface area contributed by atoms with Gasteiger partial charge in [-0.1, -0.05) is 6.92 Å². The van der Waals surface area contributed by atoms with Gasteiger partial charge in [-0.3, -0.25) is 0 Å². The predicted octanol–water partition coefficient (Wildman–Crippen LogP) is 1.22. The molecule has 1 unspecified atom stereocenters. The van der Waals surface area contributed by atoms with Crippen LogP contribution in [0.1, 0.15) is 19.7 Å². The van der Waals surface area contributed by atoms with Crippen LogP contribution in [0.25, 0.3) is 0 Å². The number of nitrogens with one attached hydrogen (secondary N) is 1. The van der Waals surface area contributed by atoms with Gasteiger partial charge in [0, 0.05) is 25.4 Å². The second kappa shape index (κ2) is 5.16. The van der Waals surface area contributed by atoms with Crippen molar-refractivity contribution in [3.63, 3.8) is 0 Å². The summed E-state index contributed by atoms with van der Waals surface area (Å²) in [5.74, 6) is 0.912. The summed E-state index contributed by atoms with van der Waals surface area (Å²) in [5.41, 5.74) is 0. The zero-order chi connectivity index (χ0) is 12.3. The zero-order valence-corrected chi connectivity index (χ0v) is 11.1. The Hall–Kier alpha value is -0.590. The third kappa shape index (κ3) is 2.56. The van der Waals surface area contributed by atoms with E-state index in [1.54, 1.807) is 6.92 Å². The van der Waals surface area contributed by atoms with Crippen LogP contribution in [-0.4, -0.2) is 41.7 Å². The molecule has 0 saturated heterocycles. The van der Waals surface area contributed by atoms with Crippen LogP contribution in [0.15, 0.2) is 11.2 Å². The Morgan fingerprint density at radius 1 is 1.62 bits per heavy atom. The van der Waals surface area contributed by atoms with E-state index in [9.17, 15) is 8.42 Å². The van der Waals surface area contributed by atoms with Crippen LogP contribution in [0.2, 0.25) is 0 Å². The van der Waals surface area contributed by atoms with Crippen molar-refractivity contribution in [3.05, 3.63) is 12.0 Å². The number of hydrogen-bond donors (Lipinski definition) is 1. The molecule has 16 heavy (non-hydrogen) atoms. The molecule has 0 radical (unpaired) electrons. The molecule has 1 atom stereocenters. The van der Waals surface area contributed by atoms with Gasteiger partial charge in [0.2, 0.25) is 0 Å². The van der Waals surface area contributed by atoms with Crippen molar-refractivity contribution in [1.29, 1.82) is 0 Å². The number of aryl methyl sites for hydroxylation is 1.